The van der Waals surface area contributed by atoms with E-state index in [1.807, 2.05) is 0 Å². The van der Waals surface area contributed by atoms with E-state index in [0.29, 0.717) is 11.7 Å². The number of hydrogen-bond donors (Lipinski definition) is 1. The van der Waals surface area contributed by atoms with Crippen molar-refractivity contribution in [2.24, 2.45) is 11.1 Å². The van der Waals surface area contributed by atoms with Crippen LogP contribution in [0.1, 0.15) is 70.1 Å². The molecule has 2 rings (SSSR count). The second kappa shape index (κ2) is 4.17. The van der Waals surface area contributed by atoms with Gasteiger partial charge >= 0.3 is 0 Å². The van der Waals surface area contributed by atoms with Gasteiger partial charge in [0.05, 0.1) is 6.04 Å². The SMILES string of the molecule is CC(C)(C)C(N)c1noc(C2CCCC2)n1. The van der Waals surface area contributed by atoms with Gasteiger partial charge in [-0.2, -0.15) is 4.98 Å². The standard InChI is InChI=1S/C12H21N3O/c1-12(2,3)9(13)10-14-11(16-15-10)8-6-4-5-7-8/h8-9H,4-7,13H2,1-3H3. The lowest BCUT2D eigenvalue weighted by molar-refractivity contribution is 0.298. The highest BCUT2D eigenvalue weighted by Gasteiger charge is 2.29. The summed E-state index contributed by atoms with van der Waals surface area (Å²) in [5, 5.41) is 4.02. The molecule has 1 aromatic rings. The quantitative estimate of drug-likeness (QED) is 0.837. The van der Waals surface area contributed by atoms with Crippen molar-refractivity contribution in [1.82, 2.24) is 10.1 Å². The molecule has 4 heteroatoms. The normalized spacial score (nSPS) is 20.2. The van der Waals surface area contributed by atoms with Crippen molar-refractivity contribution in [1.29, 1.82) is 0 Å². The molecular formula is C12H21N3O. The Kier molecular flexibility index (Phi) is 3.02. The maximum atomic E-state index is 6.10. The van der Waals surface area contributed by atoms with E-state index in [4.69, 9.17) is 10.3 Å². The predicted molar refractivity (Wildman–Crippen MR) is 61.9 cm³/mol. The van der Waals surface area contributed by atoms with Gasteiger partial charge in [0, 0.05) is 5.92 Å². The van der Waals surface area contributed by atoms with Crippen molar-refractivity contribution in [2.45, 2.75) is 58.4 Å². The minimum absolute atomic E-state index is 0.0309. The average molecular weight is 223 g/mol. The Balaban J connectivity index is 2.12. The summed E-state index contributed by atoms with van der Waals surface area (Å²) in [5.74, 6) is 1.90. The zero-order valence-corrected chi connectivity index (χ0v) is 10.4. The second-order valence-corrected chi connectivity index (χ2v) is 5.82. The fraction of sp³-hybridized carbons (Fsp3) is 0.833. The Morgan fingerprint density at radius 2 is 1.94 bits per heavy atom. The van der Waals surface area contributed by atoms with Crippen molar-refractivity contribution < 1.29 is 4.52 Å². The van der Waals surface area contributed by atoms with E-state index in [1.54, 1.807) is 0 Å². The first-order chi connectivity index (χ1) is 7.48. The Morgan fingerprint density at radius 3 is 2.50 bits per heavy atom. The van der Waals surface area contributed by atoms with Gasteiger partial charge < -0.3 is 10.3 Å². The van der Waals surface area contributed by atoms with Crippen LogP contribution in [0.4, 0.5) is 0 Å². The van der Waals surface area contributed by atoms with Gasteiger partial charge in [-0.1, -0.05) is 38.8 Å². The first-order valence-electron chi connectivity index (χ1n) is 6.07. The average Bonchev–Trinajstić information content (AvgIpc) is 2.85. The lowest BCUT2D eigenvalue weighted by Gasteiger charge is -2.23. The lowest BCUT2D eigenvalue weighted by atomic mass is 9.87. The van der Waals surface area contributed by atoms with Gasteiger partial charge in [-0.3, -0.25) is 0 Å². The number of rotatable bonds is 2. The molecule has 2 N–H and O–H groups in total. The Morgan fingerprint density at radius 1 is 1.31 bits per heavy atom. The zero-order valence-electron chi connectivity index (χ0n) is 10.4. The Labute approximate surface area is 96.6 Å². The van der Waals surface area contributed by atoms with Crippen LogP contribution < -0.4 is 5.73 Å². The van der Waals surface area contributed by atoms with Crippen LogP contribution >= 0.6 is 0 Å². The molecule has 1 aliphatic rings. The van der Waals surface area contributed by atoms with Crippen LogP contribution in [0.2, 0.25) is 0 Å². The Hall–Kier alpha value is -0.900. The highest BCUT2D eigenvalue weighted by Crippen LogP contribution is 2.34. The van der Waals surface area contributed by atoms with Crippen LogP contribution in [0.25, 0.3) is 0 Å². The molecule has 1 fully saturated rings. The van der Waals surface area contributed by atoms with Gasteiger partial charge in [-0.05, 0) is 18.3 Å². The van der Waals surface area contributed by atoms with Crippen molar-refractivity contribution in [3.63, 3.8) is 0 Å². The maximum Gasteiger partial charge on any atom is 0.229 e. The highest BCUT2D eigenvalue weighted by atomic mass is 16.5. The summed E-state index contributed by atoms with van der Waals surface area (Å²) in [6.07, 6.45) is 4.89. The summed E-state index contributed by atoms with van der Waals surface area (Å²) < 4.78 is 5.32. The minimum Gasteiger partial charge on any atom is -0.339 e. The summed E-state index contributed by atoms with van der Waals surface area (Å²) in [4.78, 5) is 4.46. The third-order valence-corrected chi connectivity index (χ3v) is 3.37. The molecule has 90 valence electrons. The molecule has 0 radical (unpaired) electrons. The van der Waals surface area contributed by atoms with Gasteiger partial charge in [0.2, 0.25) is 5.89 Å². The third-order valence-electron chi connectivity index (χ3n) is 3.37. The van der Waals surface area contributed by atoms with Crippen molar-refractivity contribution in [2.75, 3.05) is 0 Å². The number of nitrogens with two attached hydrogens (primary N) is 1. The molecule has 16 heavy (non-hydrogen) atoms. The summed E-state index contributed by atoms with van der Waals surface area (Å²) in [6, 6.07) is -0.161. The molecular weight excluding hydrogens is 202 g/mol. The molecule has 1 heterocycles. The molecule has 1 atom stereocenters. The summed E-state index contributed by atoms with van der Waals surface area (Å²) >= 11 is 0. The zero-order chi connectivity index (χ0) is 11.8. The van der Waals surface area contributed by atoms with E-state index < -0.39 is 0 Å². The summed E-state index contributed by atoms with van der Waals surface area (Å²) in [7, 11) is 0. The molecule has 1 saturated carbocycles. The van der Waals surface area contributed by atoms with E-state index in [-0.39, 0.29) is 11.5 Å². The predicted octanol–water partition coefficient (Wildman–Crippen LogP) is 2.77. The molecule has 1 aromatic heterocycles. The summed E-state index contributed by atoms with van der Waals surface area (Å²) in [6.45, 7) is 6.26. The first kappa shape index (κ1) is 11.6. The largest absolute Gasteiger partial charge is 0.339 e. The smallest absolute Gasteiger partial charge is 0.229 e. The van der Waals surface area contributed by atoms with Gasteiger partial charge in [0.25, 0.3) is 0 Å². The van der Waals surface area contributed by atoms with Crippen LogP contribution in [0.3, 0.4) is 0 Å². The van der Waals surface area contributed by atoms with Crippen molar-refractivity contribution >= 4 is 0 Å². The first-order valence-corrected chi connectivity index (χ1v) is 6.07. The van der Waals surface area contributed by atoms with E-state index in [9.17, 15) is 0 Å². The van der Waals surface area contributed by atoms with Crippen LogP contribution in [0.5, 0.6) is 0 Å². The molecule has 0 amide bonds. The van der Waals surface area contributed by atoms with Gasteiger partial charge in [0.1, 0.15) is 0 Å². The molecule has 0 aromatic carbocycles. The molecule has 0 bridgehead atoms. The molecule has 0 spiro atoms. The van der Waals surface area contributed by atoms with Crippen LogP contribution in [-0.4, -0.2) is 10.1 Å². The van der Waals surface area contributed by atoms with E-state index in [0.717, 1.165) is 5.89 Å². The van der Waals surface area contributed by atoms with Gasteiger partial charge in [-0.15, -0.1) is 0 Å². The van der Waals surface area contributed by atoms with E-state index in [2.05, 4.69) is 30.9 Å². The summed E-state index contributed by atoms with van der Waals surface area (Å²) in [5.41, 5.74) is 6.07. The third kappa shape index (κ3) is 2.26. The monoisotopic (exact) mass is 223 g/mol. The molecule has 1 aliphatic carbocycles. The van der Waals surface area contributed by atoms with Crippen LogP contribution in [-0.2, 0) is 0 Å². The minimum atomic E-state index is -0.161. The van der Waals surface area contributed by atoms with Gasteiger partial charge in [-0.25, -0.2) is 0 Å². The number of hydrogen-bond acceptors (Lipinski definition) is 4. The maximum absolute atomic E-state index is 6.10. The topological polar surface area (TPSA) is 64.9 Å². The van der Waals surface area contributed by atoms with Crippen molar-refractivity contribution in [3.05, 3.63) is 11.7 Å². The van der Waals surface area contributed by atoms with E-state index in [1.165, 1.54) is 25.7 Å². The second-order valence-electron chi connectivity index (χ2n) is 5.82. The fourth-order valence-corrected chi connectivity index (χ4v) is 2.10. The van der Waals surface area contributed by atoms with Crippen molar-refractivity contribution in [3.8, 4) is 0 Å². The van der Waals surface area contributed by atoms with Crippen LogP contribution in [0.15, 0.2) is 4.52 Å². The molecule has 0 saturated heterocycles. The molecule has 1 unspecified atom stereocenters. The van der Waals surface area contributed by atoms with Gasteiger partial charge in [0.15, 0.2) is 5.82 Å². The highest BCUT2D eigenvalue weighted by molar-refractivity contribution is 5.02. The molecule has 0 aliphatic heterocycles. The fourth-order valence-electron chi connectivity index (χ4n) is 2.10. The number of aromatic nitrogens is 2. The number of nitrogens with zero attached hydrogens (tertiary/aromatic N) is 2. The van der Waals surface area contributed by atoms with E-state index >= 15 is 0 Å². The Bertz CT molecular complexity index is 347. The van der Waals surface area contributed by atoms with Crippen LogP contribution in [0, 0.1) is 5.41 Å². The lowest BCUT2D eigenvalue weighted by Crippen LogP contribution is -2.27. The molecule has 4 nitrogen and oxygen atoms in total.